The Morgan fingerprint density at radius 1 is 0.630 bits per heavy atom. The minimum absolute atomic E-state index is 1.24. The molecule has 0 spiro atoms. The van der Waals surface area contributed by atoms with Gasteiger partial charge in [0, 0.05) is 0 Å². The molecule has 0 bridgehead atoms. The Morgan fingerprint density at radius 3 is 1.11 bits per heavy atom. The van der Waals surface area contributed by atoms with Crippen molar-refractivity contribution in [1.29, 1.82) is 0 Å². The first-order valence-corrected chi connectivity index (χ1v) is 11.6. The van der Waals surface area contributed by atoms with E-state index in [0.29, 0.717) is 0 Å². The second kappa shape index (κ2) is 21.5. The maximum Gasteiger partial charge on any atom is 0.249 e. The van der Waals surface area contributed by atoms with E-state index in [0.717, 1.165) is 0 Å². The van der Waals surface area contributed by atoms with Crippen molar-refractivity contribution >= 4 is 6.16 Å². The van der Waals surface area contributed by atoms with Crippen LogP contribution in [0.25, 0.3) is 0 Å². The summed E-state index contributed by atoms with van der Waals surface area (Å²) in [6, 6.07) is 0. The zero-order chi connectivity index (χ0) is 20.8. The Balaban J connectivity index is 0. The van der Waals surface area contributed by atoms with E-state index in [4.69, 9.17) is 15.0 Å². The minimum Gasteiger partial charge on any atom is -0.565 e. The molecular formula is C23H49NO3. The molecule has 164 valence electrons. The van der Waals surface area contributed by atoms with Crippen LogP contribution in [-0.2, 0) is 0 Å². The van der Waals surface area contributed by atoms with E-state index in [1.54, 1.807) is 0 Å². The van der Waals surface area contributed by atoms with Crippen LogP contribution in [0, 0.1) is 0 Å². The summed E-state index contributed by atoms with van der Waals surface area (Å²) in [6.07, 6.45) is 21.0. The van der Waals surface area contributed by atoms with Crippen molar-refractivity contribution in [3.05, 3.63) is 0 Å². The summed E-state index contributed by atoms with van der Waals surface area (Å²) in [5.41, 5.74) is 0. The molecular weight excluding hydrogens is 338 g/mol. The highest BCUT2D eigenvalue weighted by molar-refractivity contribution is 5.50. The van der Waals surface area contributed by atoms with Crippen molar-refractivity contribution in [2.45, 2.75) is 117 Å². The van der Waals surface area contributed by atoms with Crippen molar-refractivity contribution in [2.24, 2.45) is 0 Å². The summed E-state index contributed by atoms with van der Waals surface area (Å²) >= 11 is 0. The molecule has 27 heavy (non-hydrogen) atoms. The van der Waals surface area contributed by atoms with Crippen LogP contribution in [0.3, 0.4) is 0 Å². The van der Waals surface area contributed by atoms with Gasteiger partial charge in [0.05, 0.1) is 27.2 Å². The van der Waals surface area contributed by atoms with Gasteiger partial charge in [0.2, 0.25) is 6.16 Å². The largest absolute Gasteiger partial charge is 0.565 e. The number of quaternary nitrogens is 1. The average molecular weight is 388 g/mol. The topological polar surface area (TPSA) is 60.4 Å². The van der Waals surface area contributed by atoms with Crippen LogP contribution in [0.15, 0.2) is 0 Å². The van der Waals surface area contributed by atoms with Gasteiger partial charge >= 0.3 is 0 Å². The van der Waals surface area contributed by atoms with Crippen LogP contribution in [0.4, 0.5) is 4.79 Å². The van der Waals surface area contributed by atoms with E-state index in [-0.39, 0.29) is 0 Å². The van der Waals surface area contributed by atoms with Crippen LogP contribution in [-0.4, -0.2) is 42.9 Å². The molecule has 0 aromatic rings. The maximum atomic E-state index is 8.44. The standard InChI is InChI=1S/C22H48N.CH2O3/c1-5-7-9-11-13-15-17-19-21-23(3,4)22-20-18-16-14-12-10-8-6-2;2-1(3)4/h5-22H2,1-4H3;(H2,2,3,4)/q+1;/p-1. The first-order chi connectivity index (χ1) is 12.9. The third-order valence-electron chi connectivity index (χ3n) is 5.23. The SMILES string of the molecule is CCCCCCCCCC[N+](C)(C)CCCCCCCCCC.O=C([O-])O. The van der Waals surface area contributed by atoms with Crippen LogP contribution in [0.1, 0.15) is 117 Å². The van der Waals surface area contributed by atoms with E-state index in [1.807, 2.05) is 0 Å². The minimum atomic E-state index is -2.08. The van der Waals surface area contributed by atoms with Crippen molar-refractivity contribution < 1.29 is 19.5 Å². The molecule has 1 N–H and O–H groups in total. The Kier molecular flexibility index (Phi) is 22.7. The van der Waals surface area contributed by atoms with Gasteiger partial charge in [-0.2, -0.15) is 0 Å². The van der Waals surface area contributed by atoms with E-state index >= 15 is 0 Å². The van der Waals surface area contributed by atoms with Crippen LogP contribution in [0.5, 0.6) is 0 Å². The van der Waals surface area contributed by atoms with Gasteiger partial charge in [0.25, 0.3) is 0 Å². The summed E-state index contributed by atoms with van der Waals surface area (Å²) in [4.78, 5) is 8.44. The Hall–Kier alpha value is -0.770. The molecule has 4 nitrogen and oxygen atoms in total. The number of carbonyl (C=O) groups is 1. The van der Waals surface area contributed by atoms with Crippen molar-refractivity contribution in [1.82, 2.24) is 0 Å². The third kappa shape index (κ3) is 30.2. The normalized spacial score (nSPS) is 11.1. The van der Waals surface area contributed by atoms with E-state index in [2.05, 4.69) is 27.9 Å². The summed E-state index contributed by atoms with van der Waals surface area (Å²) in [5.74, 6) is 0. The molecule has 0 unspecified atom stereocenters. The molecule has 0 fully saturated rings. The maximum absolute atomic E-state index is 8.44. The summed E-state index contributed by atoms with van der Waals surface area (Å²) in [6.45, 7) is 7.36. The van der Waals surface area contributed by atoms with Gasteiger partial charge in [-0.3, -0.25) is 0 Å². The highest BCUT2D eigenvalue weighted by Gasteiger charge is 2.13. The lowest BCUT2D eigenvalue weighted by Crippen LogP contribution is -2.41. The van der Waals surface area contributed by atoms with E-state index in [9.17, 15) is 0 Å². The predicted octanol–water partition coefficient (Wildman–Crippen LogP) is 6.23. The van der Waals surface area contributed by atoms with Crippen LogP contribution >= 0.6 is 0 Å². The van der Waals surface area contributed by atoms with Crippen molar-refractivity contribution in [3.63, 3.8) is 0 Å². The average Bonchev–Trinajstić information content (AvgIpc) is 2.59. The third-order valence-corrected chi connectivity index (χ3v) is 5.23. The molecule has 0 aromatic carbocycles. The van der Waals surface area contributed by atoms with E-state index < -0.39 is 6.16 Å². The fourth-order valence-corrected chi connectivity index (χ4v) is 3.46. The number of hydrogen-bond donors (Lipinski definition) is 1. The monoisotopic (exact) mass is 387 g/mol. The summed E-state index contributed by atoms with van der Waals surface area (Å²) < 4.78 is 1.24. The van der Waals surface area contributed by atoms with Gasteiger partial charge < -0.3 is 19.5 Å². The van der Waals surface area contributed by atoms with Gasteiger partial charge in [-0.15, -0.1) is 0 Å². The molecule has 0 saturated heterocycles. The lowest BCUT2D eigenvalue weighted by atomic mass is 10.1. The second-order valence-corrected chi connectivity index (χ2v) is 8.60. The number of carboxylic acid groups (broad SMARTS) is 2. The number of unbranched alkanes of at least 4 members (excludes halogenated alkanes) is 14. The highest BCUT2D eigenvalue weighted by atomic mass is 16.6. The molecule has 0 rings (SSSR count). The summed E-state index contributed by atoms with van der Waals surface area (Å²) in [5, 5.41) is 15.3. The molecule has 0 heterocycles. The molecule has 0 aromatic heterocycles. The molecule has 0 amide bonds. The molecule has 0 aliphatic heterocycles. The molecule has 0 saturated carbocycles. The van der Waals surface area contributed by atoms with Gasteiger partial charge in [0.15, 0.2) is 0 Å². The first-order valence-electron chi connectivity index (χ1n) is 11.6. The molecule has 0 aliphatic carbocycles. The fourth-order valence-electron chi connectivity index (χ4n) is 3.46. The Morgan fingerprint density at radius 2 is 0.852 bits per heavy atom. The van der Waals surface area contributed by atoms with Crippen molar-refractivity contribution in [2.75, 3.05) is 27.2 Å². The van der Waals surface area contributed by atoms with Crippen LogP contribution in [0.2, 0.25) is 0 Å². The number of nitrogens with zero attached hydrogens (tertiary/aromatic N) is 1. The van der Waals surface area contributed by atoms with E-state index in [1.165, 1.54) is 120 Å². The summed E-state index contributed by atoms with van der Waals surface area (Å²) in [7, 11) is 4.87. The first kappa shape index (κ1) is 28.4. The van der Waals surface area contributed by atoms with Crippen molar-refractivity contribution in [3.8, 4) is 0 Å². The van der Waals surface area contributed by atoms with Gasteiger partial charge in [-0.05, 0) is 25.7 Å². The number of rotatable bonds is 18. The lowest BCUT2D eigenvalue weighted by molar-refractivity contribution is -0.890. The lowest BCUT2D eigenvalue weighted by Gasteiger charge is -2.30. The fraction of sp³-hybridized carbons (Fsp3) is 0.957. The molecule has 4 heteroatoms. The van der Waals surface area contributed by atoms with Gasteiger partial charge in [-0.25, -0.2) is 0 Å². The number of hydrogen-bond acceptors (Lipinski definition) is 2. The van der Waals surface area contributed by atoms with Gasteiger partial charge in [-0.1, -0.05) is 90.9 Å². The second-order valence-electron chi connectivity index (χ2n) is 8.60. The molecule has 0 aliphatic rings. The van der Waals surface area contributed by atoms with Gasteiger partial charge in [0.1, 0.15) is 0 Å². The zero-order valence-electron chi connectivity index (χ0n) is 18.9. The molecule has 0 radical (unpaired) electrons. The van der Waals surface area contributed by atoms with Crippen LogP contribution < -0.4 is 5.11 Å². The zero-order valence-corrected chi connectivity index (χ0v) is 18.9. The Labute approximate surface area is 169 Å². The molecule has 0 atom stereocenters. The predicted molar refractivity (Wildman–Crippen MR) is 115 cm³/mol. The quantitative estimate of drug-likeness (QED) is 0.224. The highest BCUT2D eigenvalue weighted by Crippen LogP contribution is 2.13. The Bertz CT molecular complexity index is 280. The smallest absolute Gasteiger partial charge is 0.249 e.